The van der Waals surface area contributed by atoms with Gasteiger partial charge in [-0.3, -0.25) is 9.59 Å². The van der Waals surface area contributed by atoms with E-state index in [1.54, 1.807) is 0 Å². The van der Waals surface area contributed by atoms with Crippen LogP contribution >= 0.6 is 0 Å². The second-order valence-electron chi connectivity index (χ2n) is 7.07. The Kier molecular flexibility index (Phi) is 4.95. The minimum Gasteiger partial charge on any atom is -0.342 e. The van der Waals surface area contributed by atoms with E-state index in [0.29, 0.717) is 5.92 Å². The second-order valence-corrected chi connectivity index (χ2v) is 7.07. The predicted molar refractivity (Wildman–Crippen MR) is 83.8 cm³/mol. The first-order valence-corrected chi connectivity index (χ1v) is 8.58. The van der Waals surface area contributed by atoms with Crippen molar-refractivity contribution >= 4 is 11.8 Å². The van der Waals surface area contributed by atoms with Gasteiger partial charge in [0.2, 0.25) is 11.8 Å². The molecule has 1 spiro atoms. The molecule has 0 aromatic carbocycles. The van der Waals surface area contributed by atoms with Gasteiger partial charge in [0.15, 0.2) is 0 Å². The molecule has 1 saturated heterocycles. The number of nitrogens with zero attached hydrogens (tertiary/aromatic N) is 1. The molecule has 4 nitrogen and oxygen atoms in total. The van der Waals surface area contributed by atoms with Crippen LogP contribution in [-0.2, 0) is 9.59 Å². The lowest BCUT2D eigenvalue weighted by molar-refractivity contribution is -0.159. The molecule has 2 fully saturated rings. The van der Waals surface area contributed by atoms with Crippen molar-refractivity contribution in [1.82, 2.24) is 10.2 Å². The number of carbonyl (C=O) groups excluding carboxylic acids is 2. The minimum absolute atomic E-state index is 0.0873. The van der Waals surface area contributed by atoms with Crippen molar-refractivity contribution in [2.24, 2.45) is 11.8 Å². The van der Waals surface area contributed by atoms with Crippen molar-refractivity contribution in [1.29, 1.82) is 0 Å². The molecule has 1 aliphatic heterocycles. The van der Waals surface area contributed by atoms with E-state index in [9.17, 15) is 9.59 Å². The third kappa shape index (κ3) is 2.82. The number of hydrogen-bond donors (Lipinski definition) is 1. The van der Waals surface area contributed by atoms with Crippen LogP contribution in [0.5, 0.6) is 0 Å². The molecule has 0 aromatic heterocycles. The summed E-state index contributed by atoms with van der Waals surface area (Å²) in [4.78, 5) is 27.7. The Bertz CT molecular complexity index is 396. The van der Waals surface area contributed by atoms with Crippen LogP contribution in [0.15, 0.2) is 0 Å². The Morgan fingerprint density at radius 1 is 1.19 bits per heavy atom. The Balaban J connectivity index is 2.31. The van der Waals surface area contributed by atoms with Crippen LogP contribution in [0.4, 0.5) is 0 Å². The van der Waals surface area contributed by atoms with Crippen LogP contribution < -0.4 is 5.32 Å². The number of hydrogen-bond acceptors (Lipinski definition) is 2. The second kappa shape index (κ2) is 6.37. The lowest BCUT2D eigenvalue weighted by Gasteiger charge is -2.48. The number of piperazine rings is 1. The molecule has 2 rings (SSSR count). The molecule has 1 N–H and O–H groups in total. The zero-order valence-electron chi connectivity index (χ0n) is 13.9. The molecule has 1 aliphatic carbocycles. The molecule has 120 valence electrons. The summed E-state index contributed by atoms with van der Waals surface area (Å²) in [5.74, 6) is 0.859. The monoisotopic (exact) mass is 294 g/mol. The highest BCUT2D eigenvalue weighted by Gasteiger charge is 2.54. The van der Waals surface area contributed by atoms with Crippen LogP contribution in [0.3, 0.4) is 0 Å². The molecule has 0 radical (unpaired) electrons. The van der Waals surface area contributed by atoms with Gasteiger partial charge in [0, 0.05) is 6.54 Å². The molecular weight excluding hydrogens is 264 g/mol. The highest BCUT2D eigenvalue weighted by molar-refractivity contribution is 6.00. The number of amides is 2. The predicted octanol–water partition coefficient (Wildman–Crippen LogP) is 2.72. The van der Waals surface area contributed by atoms with Crippen LogP contribution in [0.2, 0.25) is 0 Å². The summed E-state index contributed by atoms with van der Waals surface area (Å²) in [6.45, 7) is 9.09. The third-order valence-electron chi connectivity index (χ3n) is 5.45. The van der Waals surface area contributed by atoms with E-state index >= 15 is 0 Å². The fourth-order valence-electron chi connectivity index (χ4n) is 3.82. The maximum absolute atomic E-state index is 13.0. The Morgan fingerprint density at radius 2 is 1.76 bits per heavy atom. The summed E-state index contributed by atoms with van der Waals surface area (Å²) in [6, 6.07) is -0.349. The summed E-state index contributed by atoms with van der Waals surface area (Å²) in [6.07, 6.45) is 5.87. The first kappa shape index (κ1) is 16.3. The fraction of sp³-hybridized carbons (Fsp3) is 0.882. The van der Waals surface area contributed by atoms with Crippen LogP contribution in [-0.4, -0.2) is 34.8 Å². The zero-order valence-corrected chi connectivity index (χ0v) is 13.9. The lowest BCUT2D eigenvalue weighted by atomic mass is 9.85. The normalized spacial score (nSPS) is 25.2. The maximum atomic E-state index is 13.0. The highest BCUT2D eigenvalue weighted by atomic mass is 16.2. The third-order valence-corrected chi connectivity index (χ3v) is 5.45. The SMILES string of the molecule is CCC(CC)CN1C(=O)C(C(C)C)NC(=O)C12CCCC2. The highest BCUT2D eigenvalue weighted by Crippen LogP contribution is 2.39. The standard InChI is InChI=1S/C17H30N2O2/c1-5-13(6-2)11-19-15(20)14(12(3)4)18-16(21)17(19)9-7-8-10-17/h12-14H,5-11H2,1-4H3,(H,18,21). The van der Waals surface area contributed by atoms with Gasteiger partial charge in [-0.2, -0.15) is 0 Å². The fourth-order valence-corrected chi connectivity index (χ4v) is 3.82. The molecular formula is C17H30N2O2. The summed E-state index contributed by atoms with van der Waals surface area (Å²) in [5.41, 5.74) is -0.551. The molecule has 2 aliphatic rings. The van der Waals surface area contributed by atoms with Crippen LogP contribution in [0.1, 0.15) is 66.2 Å². The van der Waals surface area contributed by atoms with Crippen LogP contribution in [0, 0.1) is 11.8 Å². The van der Waals surface area contributed by atoms with Gasteiger partial charge in [-0.25, -0.2) is 0 Å². The molecule has 1 atom stereocenters. The summed E-state index contributed by atoms with van der Waals surface area (Å²) in [7, 11) is 0. The number of carbonyl (C=O) groups is 2. The molecule has 1 unspecified atom stereocenters. The minimum atomic E-state index is -0.551. The molecule has 1 heterocycles. The van der Waals surface area contributed by atoms with Gasteiger partial charge in [0.05, 0.1) is 0 Å². The van der Waals surface area contributed by atoms with Gasteiger partial charge in [0.1, 0.15) is 11.6 Å². The molecule has 0 aromatic rings. The van der Waals surface area contributed by atoms with Crippen LogP contribution in [0.25, 0.3) is 0 Å². The van der Waals surface area contributed by atoms with E-state index in [-0.39, 0.29) is 23.8 Å². The molecule has 4 heteroatoms. The van der Waals surface area contributed by atoms with E-state index in [1.165, 1.54) is 0 Å². The summed E-state index contributed by atoms with van der Waals surface area (Å²) < 4.78 is 0. The average Bonchev–Trinajstić information content (AvgIpc) is 2.94. The van der Waals surface area contributed by atoms with Gasteiger partial charge in [0.25, 0.3) is 0 Å². The van der Waals surface area contributed by atoms with Crippen molar-refractivity contribution in [2.45, 2.75) is 77.8 Å². The first-order valence-electron chi connectivity index (χ1n) is 8.58. The Hall–Kier alpha value is -1.06. The number of nitrogens with one attached hydrogen (secondary N) is 1. The van der Waals surface area contributed by atoms with Crippen molar-refractivity contribution < 1.29 is 9.59 Å². The van der Waals surface area contributed by atoms with E-state index in [2.05, 4.69) is 19.2 Å². The van der Waals surface area contributed by atoms with E-state index in [1.807, 2.05) is 18.7 Å². The lowest BCUT2D eigenvalue weighted by Crippen LogP contribution is -2.71. The summed E-state index contributed by atoms with van der Waals surface area (Å²) >= 11 is 0. The largest absolute Gasteiger partial charge is 0.342 e. The zero-order chi connectivity index (χ0) is 15.6. The van der Waals surface area contributed by atoms with Gasteiger partial charge < -0.3 is 10.2 Å². The molecule has 0 bridgehead atoms. The first-order chi connectivity index (χ1) is 9.96. The number of rotatable bonds is 5. The van der Waals surface area contributed by atoms with Crippen molar-refractivity contribution in [3.05, 3.63) is 0 Å². The van der Waals surface area contributed by atoms with E-state index in [4.69, 9.17) is 0 Å². The smallest absolute Gasteiger partial charge is 0.246 e. The van der Waals surface area contributed by atoms with Crippen molar-refractivity contribution in [2.75, 3.05) is 6.54 Å². The van der Waals surface area contributed by atoms with Crippen molar-refractivity contribution in [3.63, 3.8) is 0 Å². The van der Waals surface area contributed by atoms with Gasteiger partial charge in [-0.15, -0.1) is 0 Å². The topological polar surface area (TPSA) is 49.4 Å². The Labute approximate surface area is 128 Å². The maximum Gasteiger partial charge on any atom is 0.246 e. The molecule has 21 heavy (non-hydrogen) atoms. The van der Waals surface area contributed by atoms with Gasteiger partial charge >= 0.3 is 0 Å². The average molecular weight is 294 g/mol. The van der Waals surface area contributed by atoms with Gasteiger partial charge in [-0.05, 0) is 24.7 Å². The van der Waals surface area contributed by atoms with Gasteiger partial charge in [-0.1, -0.05) is 53.4 Å². The molecule has 2 amide bonds. The summed E-state index contributed by atoms with van der Waals surface area (Å²) in [5, 5.41) is 3.01. The van der Waals surface area contributed by atoms with E-state index < -0.39 is 5.54 Å². The quantitative estimate of drug-likeness (QED) is 0.847. The Morgan fingerprint density at radius 3 is 2.24 bits per heavy atom. The van der Waals surface area contributed by atoms with Crippen molar-refractivity contribution in [3.8, 4) is 0 Å². The van der Waals surface area contributed by atoms with E-state index in [0.717, 1.165) is 45.1 Å². The molecule has 1 saturated carbocycles.